The second-order valence-corrected chi connectivity index (χ2v) is 5.02. The van der Waals surface area contributed by atoms with Gasteiger partial charge in [0.25, 0.3) is 0 Å². The summed E-state index contributed by atoms with van der Waals surface area (Å²) in [5, 5.41) is 3.06. The van der Waals surface area contributed by atoms with Crippen LogP contribution < -0.4 is 5.32 Å². The summed E-state index contributed by atoms with van der Waals surface area (Å²) in [5.74, 6) is 0.612. The van der Waals surface area contributed by atoms with Gasteiger partial charge in [-0.2, -0.15) is 0 Å². The largest absolute Gasteiger partial charge is 0.468 e. The van der Waals surface area contributed by atoms with Crippen LogP contribution in [0.5, 0.6) is 0 Å². The van der Waals surface area contributed by atoms with Gasteiger partial charge in [-0.1, -0.05) is 6.92 Å². The van der Waals surface area contributed by atoms with E-state index in [-0.39, 0.29) is 5.97 Å². The molecule has 0 amide bonds. The molecule has 1 saturated heterocycles. The van der Waals surface area contributed by atoms with E-state index < -0.39 is 5.54 Å². The number of carbonyl (C=O) groups is 1. The Labute approximate surface area is 98.3 Å². The SMILES string of the molecule is CNC(C)(CCN1CCC(C)C1)C(=O)OC. The number of rotatable bonds is 5. The molecule has 0 radical (unpaired) electrons. The Balaban J connectivity index is 2.42. The highest BCUT2D eigenvalue weighted by Gasteiger charge is 2.33. The lowest BCUT2D eigenvalue weighted by molar-refractivity contribution is -0.148. The third kappa shape index (κ3) is 3.19. The second-order valence-electron chi connectivity index (χ2n) is 5.02. The molecular weight excluding hydrogens is 204 g/mol. The van der Waals surface area contributed by atoms with E-state index in [1.165, 1.54) is 13.5 Å². The minimum absolute atomic E-state index is 0.178. The first kappa shape index (κ1) is 13.5. The Bertz CT molecular complexity index is 245. The van der Waals surface area contributed by atoms with Gasteiger partial charge < -0.3 is 15.0 Å². The zero-order valence-electron chi connectivity index (χ0n) is 10.9. The summed E-state index contributed by atoms with van der Waals surface area (Å²) >= 11 is 0. The molecule has 2 atom stereocenters. The average Bonchev–Trinajstić information content (AvgIpc) is 2.71. The van der Waals surface area contributed by atoms with E-state index in [0.29, 0.717) is 0 Å². The molecule has 1 fully saturated rings. The molecule has 1 aliphatic heterocycles. The van der Waals surface area contributed by atoms with Gasteiger partial charge in [-0.05, 0) is 39.3 Å². The summed E-state index contributed by atoms with van der Waals surface area (Å²) in [5.41, 5.74) is -0.555. The standard InChI is InChI=1S/C12H24N2O2/c1-10-5-7-14(9-10)8-6-12(2,13-3)11(15)16-4/h10,13H,5-9H2,1-4H3. The van der Waals surface area contributed by atoms with Crippen molar-refractivity contribution in [1.82, 2.24) is 10.2 Å². The maximum atomic E-state index is 11.6. The number of esters is 1. The van der Waals surface area contributed by atoms with Crippen LogP contribution in [-0.4, -0.2) is 50.2 Å². The van der Waals surface area contributed by atoms with Crippen LogP contribution >= 0.6 is 0 Å². The van der Waals surface area contributed by atoms with Gasteiger partial charge in [-0.15, -0.1) is 0 Å². The quantitative estimate of drug-likeness (QED) is 0.709. The van der Waals surface area contributed by atoms with Gasteiger partial charge in [0.1, 0.15) is 5.54 Å². The number of nitrogens with zero attached hydrogens (tertiary/aromatic N) is 1. The Morgan fingerprint density at radius 3 is 2.75 bits per heavy atom. The summed E-state index contributed by atoms with van der Waals surface area (Å²) in [6.07, 6.45) is 2.07. The Kier molecular flexibility index (Phi) is 4.74. The van der Waals surface area contributed by atoms with Gasteiger partial charge in [0.15, 0.2) is 0 Å². The van der Waals surface area contributed by atoms with Crippen LogP contribution in [0.25, 0.3) is 0 Å². The normalized spacial score (nSPS) is 25.4. The van der Waals surface area contributed by atoms with E-state index in [0.717, 1.165) is 32.0 Å². The minimum Gasteiger partial charge on any atom is -0.468 e. The Morgan fingerprint density at radius 2 is 2.31 bits per heavy atom. The molecular formula is C12H24N2O2. The third-order valence-electron chi connectivity index (χ3n) is 3.62. The van der Waals surface area contributed by atoms with Crippen LogP contribution in [0.2, 0.25) is 0 Å². The van der Waals surface area contributed by atoms with Gasteiger partial charge in [0, 0.05) is 13.1 Å². The van der Waals surface area contributed by atoms with E-state index in [1.807, 2.05) is 14.0 Å². The molecule has 4 nitrogen and oxygen atoms in total. The maximum Gasteiger partial charge on any atom is 0.325 e. The monoisotopic (exact) mass is 228 g/mol. The molecule has 0 aromatic heterocycles. The van der Waals surface area contributed by atoms with Gasteiger partial charge in [0.2, 0.25) is 0 Å². The van der Waals surface area contributed by atoms with Crippen molar-refractivity contribution in [1.29, 1.82) is 0 Å². The van der Waals surface area contributed by atoms with Crippen LogP contribution in [0.1, 0.15) is 26.7 Å². The lowest BCUT2D eigenvalue weighted by atomic mass is 9.98. The number of nitrogens with one attached hydrogen (secondary N) is 1. The molecule has 4 heteroatoms. The number of hydrogen-bond acceptors (Lipinski definition) is 4. The third-order valence-corrected chi connectivity index (χ3v) is 3.62. The van der Waals surface area contributed by atoms with Crippen molar-refractivity contribution in [2.75, 3.05) is 33.8 Å². The molecule has 1 N–H and O–H groups in total. The predicted molar refractivity (Wildman–Crippen MR) is 64.3 cm³/mol. The molecule has 0 bridgehead atoms. The molecule has 94 valence electrons. The zero-order valence-corrected chi connectivity index (χ0v) is 10.9. The Morgan fingerprint density at radius 1 is 1.62 bits per heavy atom. The van der Waals surface area contributed by atoms with Crippen LogP contribution in [0.4, 0.5) is 0 Å². The van der Waals surface area contributed by atoms with Crippen molar-refractivity contribution in [3.05, 3.63) is 0 Å². The maximum absolute atomic E-state index is 11.6. The van der Waals surface area contributed by atoms with Crippen LogP contribution in [0.3, 0.4) is 0 Å². The minimum atomic E-state index is -0.555. The van der Waals surface area contributed by atoms with Crippen molar-refractivity contribution in [2.24, 2.45) is 5.92 Å². The van der Waals surface area contributed by atoms with Crippen LogP contribution in [-0.2, 0) is 9.53 Å². The van der Waals surface area contributed by atoms with E-state index in [9.17, 15) is 4.79 Å². The fraction of sp³-hybridized carbons (Fsp3) is 0.917. The highest BCUT2D eigenvalue weighted by molar-refractivity contribution is 5.80. The number of ether oxygens (including phenoxy) is 1. The van der Waals surface area contributed by atoms with Crippen molar-refractivity contribution in [2.45, 2.75) is 32.2 Å². The van der Waals surface area contributed by atoms with Crippen LogP contribution in [0, 0.1) is 5.92 Å². The molecule has 0 aromatic carbocycles. The second kappa shape index (κ2) is 5.64. The van der Waals surface area contributed by atoms with Gasteiger partial charge in [-0.25, -0.2) is 0 Å². The highest BCUT2D eigenvalue weighted by Crippen LogP contribution is 2.18. The van der Waals surface area contributed by atoms with Gasteiger partial charge in [0.05, 0.1) is 7.11 Å². The first-order chi connectivity index (χ1) is 7.51. The number of likely N-dealkylation sites (tertiary alicyclic amines) is 1. The van der Waals surface area contributed by atoms with Crippen molar-refractivity contribution < 1.29 is 9.53 Å². The molecule has 0 spiro atoms. The van der Waals surface area contributed by atoms with E-state index in [2.05, 4.69) is 17.1 Å². The highest BCUT2D eigenvalue weighted by atomic mass is 16.5. The topological polar surface area (TPSA) is 41.6 Å². The van der Waals surface area contributed by atoms with Crippen LogP contribution in [0.15, 0.2) is 0 Å². The summed E-state index contributed by atoms with van der Waals surface area (Å²) in [7, 11) is 3.25. The molecule has 1 heterocycles. The fourth-order valence-corrected chi connectivity index (χ4v) is 2.17. The summed E-state index contributed by atoms with van der Waals surface area (Å²) in [6.45, 7) is 7.44. The van der Waals surface area contributed by atoms with Gasteiger partial charge >= 0.3 is 5.97 Å². The first-order valence-corrected chi connectivity index (χ1v) is 6.01. The number of likely N-dealkylation sites (N-methyl/N-ethyl adjacent to an activating group) is 1. The molecule has 0 aromatic rings. The average molecular weight is 228 g/mol. The van der Waals surface area contributed by atoms with Crippen molar-refractivity contribution in [3.63, 3.8) is 0 Å². The lowest BCUT2D eigenvalue weighted by Crippen LogP contribution is -2.50. The summed E-state index contributed by atoms with van der Waals surface area (Å²) in [6, 6.07) is 0. The molecule has 2 unspecified atom stereocenters. The van der Waals surface area contributed by atoms with E-state index >= 15 is 0 Å². The Hall–Kier alpha value is -0.610. The van der Waals surface area contributed by atoms with Gasteiger partial charge in [-0.3, -0.25) is 4.79 Å². The van der Waals surface area contributed by atoms with Crippen molar-refractivity contribution >= 4 is 5.97 Å². The first-order valence-electron chi connectivity index (χ1n) is 6.01. The molecule has 1 aliphatic rings. The molecule has 0 saturated carbocycles. The number of methoxy groups -OCH3 is 1. The smallest absolute Gasteiger partial charge is 0.325 e. The van der Waals surface area contributed by atoms with Crippen molar-refractivity contribution in [3.8, 4) is 0 Å². The molecule has 0 aliphatic carbocycles. The van der Waals surface area contributed by atoms with E-state index in [1.54, 1.807) is 0 Å². The number of carbonyl (C=O) groups excluding carboxylic acids is 1. The fourth-order valence-electron chi connectivity index (χ4n) is 2.17. The summed E-state index contributed by atoms with van der Waals surface area (Å²) in [4.78, 5) is 14.1. The molecule has 1 rings (SSSR count). The molecule has 16 heavy (non-hydrogen) atoms. The lowest BCUT2D eigenvalue weighted by Gasteiger charge is -2.28. The zero-order chi connectivity index (χ0) is 12.2. The number of hydrogen-bond donors (Lipinski definition) is 1. The predicted octanol–water partition coefficient (Wildman–Crippen LogP) is 0.869. The summed E-state index contributed by atoms with van der Waals surface area (Å²) < 4.78 is 4.82. The van der Waals surface area contributed by atoms with E-state index in [4.69, 9.17) is 4.74 Å².